The molecule has 0 aliphatic carbocycles. The Labute approximate surface area is 97.6 Å². The van der Waals surface area contributed by atoms with Crippen LogP contribution in [0.4, 0.5) is 0 Å². The molecule has 0 spiro atoms. The smallest absolute Gasteiger partial charge is 0.253 e. The van der Waals surface area contributed by atoms with Crippen molar-refractivity contribution in [1.29, 1.82) is 0 Å². The quantitative estimate of drug-likeness (QED) is 0.844. The highest BCUT2D eigenvalue weighted by Gasteiger charge is 2.11. The predicted octanol–water partition coefficient (Wildman–Crippen LogP) is 1.47. The SMILES string of the molecule is CCc1nnc(C)cc1C(=O)NCCBr. The zero-order chi connectivity index (χ0) is 11.3. The number of carbonyl (C=O) groups excluding carboxylic acids is 1. The van der Waals surface area contributed by atoms with Crippen LogP contribution in [0.15, 0.2) is 6.07 Å². The number of hydrogen-bond donors (Lipinski definition) is 1. The summed E-state index contributed by atoms with van der Waals surface area (Å²) in [6.07, 6.45) is 0.713. The zero-order valence-electron chi connectivity index (χ0n) is 8.88. The van der Waals surface area contributed by atoms with Crippen LogP contribution >= 0.6 is 15.9 Å². The molecule has 5 heteroatoms. The number of alkyl halides is 1. The molecule has 0 bridgehead atoms. The Bertz CT molecular complexity index is 355. The van der Waals surface area contributed by atoms with Crippen LogP contribution in [-0.4, -0.2) is 28.0 Å². The molecule has 0 aromatic carbocycles. The van der Waals surface area contributed by atoms with Crippen molar-refractivity contribution < 1.29 is 4.79 Å². The lowest BCUT2D eigenvalue weighted by atomic mass is 10.1. The topological polar surface area (TPSA) is 54.9 Å². The zero-order valence-corrected chi connectivity index (χ0v) is 10.5. The summed E-state index contributed by atoms with van der Waals surface area (Å²) in [7, 11) is 0. The van der Waals surface area contributed by atoms with Crippen LogP contribution in [0, 0.1) is 6.92 Å². The highest BCUT2D eigenvalue weighted by atomic mass is 79.9. The number of rotatable bonds is 4. The van der Waals surface area contributed by atoms with E-state index in [-0.39, 0.29) is 5.91 Å². The van der Waals surface area contributed by atoms with E-state index in [1.807, 2.05) is 13.8 Å². The van der Waals surface area contributed by atoms with E-state index in [0.717, 1.165) is 16.7 Å². The maximum atomic E-state index is 11.7. The van der Waals surface area contributed by atoms with Crippen LogP contribution in [-0.2, 0) is 6.42 Å². The molecule has 0 aliphatic heterocycles. The molecule has 1 rings (SSSR count). The Kier molecular flexibility index (Phi) is 4.68. The third-order valence-corrected chi connectivity index (χ3v) is 2.35. The fraction of sp³-hybridized carbons (Fsp3) is 0.500. The molecule has 1 heterocycles. The van der Waals surface area contributed by atoms with Gasteiger partial charge in [-0.15, -0.1) is 0 Å². The lowest BCUT2D eigenvalue weighted by Crippen LogP contribution is -2.26. The van der Waals surface area contributed by atoms with Crippen molar-refractivity contribution in [2.24, 2.45) is 0 Å². The number of halogens is 1. The molecule has 82 valence electrons. The summed E-state index contributed by atoms with van der Waals surface area (Å²) in [6.45, 7) is 4.40. The second-order valence-corrected chi connectivity index (χ2v) is 3.94. The second kappa shape index (κ2) is 5.80. The van der Waals surface area contributed by atoms with E-state index in [4.69, 9.17) is 0 Å². The number of nitrogens with one attached hydrogen (secondary N) is 1. The van der Waals surface area contributed by atoms with E-state index in [2.05, 4.69) is 31.4 Å². The number of amides is 1. The summed E-state index contributed by atoms with van der Waals surface area (Å²) < 4.78 is 0. The van der Waals surface area contributed by atoms with Crippen LogP contribution in [0.5, 0.6) is 0 Å². The number of nitrogens with zero attached hydrogens (tertiary/aromatic N) is 2. The van der Waals surface area contributed by atoms with Gasteiger partial charge >= 0.3 is 0 Å². The van der Waals surface area contributed by atoms with Gasteiger partial charge in [0.1, 0.15) is 0 Å². The summed E-state index contributed by atoms with van der Waals surface area (Å²) in [5.74, 6) is -0.0794. The number of carbonyl (C=O) groups is 1. The monoisotopic (exact) mass is 271 g/mol. The summed E-state index contributed by atoms with van der Waals surface area (Å²) in [4.78, 5) is 11.7. The van der Waals surface area contributed by atoms with E-state index in [0.29, 0.717) is 18.5 Å². The summed E-state index contributed by atoms with van der Waals surface area (Å²) >= 11 is 3.26. The summed E-state index contributed by atoms with van der Waals surface area (Å²) in [6, 6.07) is 1.77. The Balaban J connectivity index is 2.90. The van der Waals surface area contributed by atoms with Crippen LogP contribution in [0.2, 0.25) is 0 Å². The standard InChI is InChI=1S/C10H14BrN3O/c1-3-9-8(6-7(2)13-14-9)10(15)12-5-4-11/h6H,3-5H2,1-2H3,(H,12,15). The van der Waals surface area contributed by atoms with Crippen molar-refractivity contribution in [2.75, 3.05) is 11.9 Å². The minimum absolute atomic E-state index is 0.0794. The first kappa shape index (κ1) is 12.1. The maximum absolute atomic E-state index is 11.7. The van der Waals surface area contributed by atoms with Gasteiger partial charge in [0.2, 0.25) is 0 Å². The molecule has 1 aromatic rings. The first-order valence-electron chi connectivity index (χ1n) is 4.86. The van der Waals surface area contributed by atoms with E-state index in [1.165, 1.54) is 0 Å². The Morgan fingerprint density at radius 1 is 1.53 bits per heavy atom. The molecule has 0 unspecified atom stereocenters. The van der Waals surface area contributed by atoms with Crippen molar-refractivity contribution in [3.05, 3.63) is 23.0 Å². The summed E-state index contributed by atoms with van der Waals surface area (Å²) in [5.41, 5.74) is 2.13. The van der Waals surface area contributed by atoms with E-state index < -0.39 is 0 Å². The van der Waals surface area contributed by atoms with E-state index in [9.17, 15) is 4.79 Å². The molecule has 1 amide bonds. The molecular formula is C10H14BrN3O. The van der Waals surface area contributed by atoms with Crippen LogP contribution < -0.4 is 5.32 Å². The highest BCUT2D eigenvalue weighted by molar-refractivity contribution is 9.09. The molecule has 1 aromatic heterocycles. The Morgan fingerprint density at radius 2 is 2.27 bits per heavy atom. The molecular weight excluding hydrogens is 258 g/mol. The number of aryl methyl sites for hydroxylation is 2. The van der Waals surface area contributed by atoms with Gasteiger partial charge in [-0.1, -0.05) is 22.9 Å². The highest BCUT2D eigenvalue weighted by Crippen LogP contribution is 2.07. The van der Waals surface area contributed by atoms with Crippen molar-refractivity contribution in [3.8, 4) is 0 Å². The fourth-order valence-corrected chi connectivity index (χ4v) is 1.43. The van der Waals surface area contributed by atoms with Gasteiger partial charge < -0.3 is 5.32 Å². The summed E-state index contributed by atoms with van der Waals surface area (Å²) in [5, 5.41) is 11.5. The number of hydrogen-bond acceptors (Lipinski definition) is 3. The van der Waals surface area contributed by atoms with Crippen LogP contribution in [0.3, 0.4) is 0 Å². The fourth-order valence-electron chi connectivity index (χ4n) is 1.23. The molecule has 0 atom stereocenters. The Hall–Kier alpha value is -0.970. The van der Waals surface area contributed by atoms with Crippen molar-refractivity contribution in [3.63, 3.8) is 0 Å². The van der Waals surface area contributed by atoms with Crippen LogP contribution in [0.25, 0.3) is 0 Å². The van der Waals surface area contributed by atoms with Crippen molar-refractivity contribution in [1.82, 2.24) is 15.5 Å². The first-order valence-corrected chi connectivity index (χ1v) is 5.98. The molecule has 4 nitrogen and oxygen atoms in total. The van der Waals surface area contributed by atoms with Gasteiger partial charge in [0.05, 0.1) is 17.0 Å². The normalized spacial score (nSPS) is 10.1. The largest absolute Gasteiger partial charge is 0.351 e. The molecule has 15 heavy (non-hydrogen) atoms. The average molecular weight is 272 g/mol. The van der Waals surface area contributed by atoms with Gasteiger partial charge in [0.15, 0.2) is 0 Å². The van der Waals surface area contributed by atoms with Gasteiger partial charge in [-0.2, -0.15) is 10.2 Å². The van der Waals surface area contributed by atoms with Gasteiger partial charge in [-0.05, 0) is 19.4 Å². The van der Waals surface area contributed by atoms with Crippen LogP contribution in [0.1, 0.15) is 28.7 Å². The van der Waals surface area contributed by atoms with E-state index in [1.54, 1.807) is 6.07 Å². The minimum atomic E-state index is -0.0794. The van der Waals surface area contributed by atoms with E-state index >= 15 is 0 Å². The molecule has 0 saturated heterocycles. The van der Waals surface area contributed by atoms with Gasteiger partial charge in [0.25, 0.3) is 5.91 Å². The molecule has 1 N–H and O–H groups in total. The molecule has 0 radical (unpaired) electrons. The first-order chi connectivity index (χ1) is 7.19. The minimum Gasteiger partial charge on any atom is -0.351 e. The maximum Gasteiger partial charge on any atom is 0.253 e. The van der Waals surface area contributed by atoms with Gasteiger partial charge in [-0.3, -0.25) is 4.79 Å². The average Bonchev–Trinajstić information content (AvgIpc) is 2.25. The van der Waals surface area contributed by atoms with Gasteiger partial charge in [0, 0.05) is 11.9 Å². The Morgan fingerprint density at radius 3 is 2.87 bits per heavy atom. The van der Waals surface area contributed by atoms with Gasteiger partial charge in [-0.25, -0.2) is 0 Å². The molecule has 0 fully saturated rings. The van der Waals surface area contributed by atoms with Crippen molar-refractivity contribution >= 4 is 21.8 Å². The molecule has 0 saturated carbocycles. The van der Waals surface area contributed by atoms with Crippen molar-refractivity contribution in [2.45, 2.75) is 20.3 Å². The second-order valence-electron chi connectivity index (χ2n) is 3.14. The number of aromatic nitrogens is 2. The lowest BCUT2D eigenvalue weighted by molar-refractivity contribution is 0.0954. The third kappa shape index (κ3) is 3.27. The third-order valence-electron chi connectivity index (χ3n) is 1.95. The molecule has 0 aliphatic rings. The lowest BCUT2D eigenvalue weighted by Gasteiger charge is -2.07. The predicted molar refractivity (Wildman–Crippen MR) is 62.3 cm³/mol.